The van der Waals surface area contributed by atoms with Gasteiger partial charge in [0.25, 0.3) is 0 Å². The topological polar surface area (TPSA) is 58.6 Å². The average Bonchev–Trinajstić information content (AvgIpc) is 2.73. The summed E-state index contributed by atoms with van der Waals surface area (Å²) in [5.74, 6) is 0.132. The van der Waals surface area contributed by atoms with Crippen LogP contribution in [0.1, 0.15) is 38.7 Å². The standard InChI is InChI=1S/C23H29FN2O3/c1-3-21(23(28)25-4-2)26(17-18-12-14-19(24)15-13-18)22(27)11-8-16-29-20-9-6-5-7-10-20/h5-7,9-10,12-15,21H,3-4,8,11,16-17H2,1-2H3,(H,25,28)/t21-/m1/s1. The summed E-state index contributed by atoms with van der Waals surface area (Å²) >= 11 is 0. The summed E-state index contributed by atoms with van der Waals surface area (Å²) < 4.78 is 18.9. The molecule has 6 heteroatoms. The zero-order valence-electron chi connectivity index (χ0n) is 17.1. The number of carbonyl (C=O) groups excluding carboxylic acids is 2. The first-order chi connectivity index (χ1) is 14.0. The Morgan fingerprint density at radius 1 is 1.07 bits per heavy atom. The van der Waals surface area contributed by atoms with E-state index in [1.807, 2.05) is 44.2 Å². The molecule has 29 heavy (non-hydrogen) atoms. The molecule has 0 aliphatic carbocycles. The van der Waals surface area contributed by atoms with Gasteiger partial charge in [-0.2, -0.15) is 0 Å². The fraction of sp³-hybridized carbons (Fsp3) is 0.391. The van der Waals surface area contributed by atoms with Crippen LogP contribution in [0.4, 0.5) is 4.39 Å². The number of benzene rings is 2. The maximum Gasteiger partial charge on any atom is 0.242 e. The number of hydrogen-bond donors (Lipinski definition) is 1. The lowest BCUT2D eigenvalue weighted by atomic mass is 10.1. The fourth-order valence-corrected chi connectivity index (χ4v) is 3.07. The number of hydrogen-bond acceptors (Lipinski definition) is 3. The zero-order valence-corrected chi connectivity index (χ0v) is 17.1. The van der Waals surface area contributed by atoms with E-state index in [4.69, 9.17) is 4.74 Å². The van der Waals surface area contributed by atoms with E-state index >= 15 is 0 Å². The van der Waals surface area contributed by atoms with Crippen molar-refractivity contribution in [3.8, 4) is 5.75 Å². The number of amides is 2. The van der Waals surface area contributed by atoms with Crippen LogP contribution in [0, 0.1) is 5.82 Å². The number of nitrogens with zero attached hydrogens (tertiary/aromatic N) is 1. The van der Waals surface area contributed by atoms with Crippen LogP contribution in [0.2, 0.25) is 0 Å². The van der Waals surface area contributed by atoms with E-state index in [1.165, 1.54) is 12.1 Å². The molecule has 5 nitrogen and oxygen atoms in total. The van der Waals surface area contributed by atoms with E-state index in [1.54, 1.807) is 17.0 Å². The number of likely N-dealkylation sites (N-methyl/N-ethyl adjacent to an activating group) is 1. The van der Waals surface area contributed by atoms with Crippen molar-refractivity contribution in [1.29, 1.82) is 0 Å². The van der Waals surface area contributed by atoms with E-state index < -0.39 is 6.04 Å². The van der Waals surface area contributed by atoms with Gasteiger partial charge in [-0.05, 0) is 49.6 Å². The number of carbonyl (C=O) groups is 2. The van der Waals surface area contributed by atoms with Gasteiger partial charge in [0.15, 0.2) is 0 Å². The van der Waals surface area contributed by atoms with Crippen molar-refractivity contribution < 1.29 is 18.7 Å². The summed E-state index contributed by atoms with van der Waals surface area (Å²) in [6.45, 7) is 4.90. The van der Waals surface area contributed by atoms with Crippen molar-refractivity contribution in [3.63, 3.8) is 0 Å². The van der Waals surface area contributed by atoms with Gasteiger partial charge in [0.1, 0.15) is 17.6 Å². The van der Waals surface area contributed by atoms with E-state index in [0.29, 0.717) is 26.0 Å². The van der Waals surface area contributed by atoms with Crippen LogP contribution in [-0.2, 0) is 16.1 Å². The van der Waals surface area contributed by atoms with E-state index in [0.717, 1.165) is 11.3 Å². The maximum atomic E-state index is 13.2. The van der Waals surface area contributed by atoms with Gasteiger partial charge in [-0.25, -0.2) is 4.39 Å². The quantitative estimate of drug-likeness (QED) is 0.582. The molecule has 0 unspecified atom stereocenters. The van der Waals surface area contributed by atoms with Crippen molar-refractivity contribution in [2.24, 2.45) is 0 Å². The fourth-order valence-electron chi connectivity index (χ4n) is 3.07. The lowest BCUT2D eigenvalue weighted by molar-refractivity contribution is -0.141. The molecule has 1 N–H and O–H groups in total. The molecule has 0 radical (unpaired) electrons. The number of ether oxygens (including phenoxy) is 1. The Morgan fingerprint density at radius 3 is 2.38 bits per heavy atom. The lowest BCUT2D eigenvalue weighted by Gasteiger charge is -2.30. The highest BCUT2D eigenvalue weighted by Gasteiger charge is 2.27. The van der Waals surface area contributed by atoms with Gasteiger partial charge in [0, 0.05) is 19.5 Å². The highest BCUT2D eigenvalue weighted by Crippen LogP contribution is 2.15. The molecule has 2 aromatic rings. The largest absolute Gasteiger partial charge is 0.494 e. The number of rotatable bonds is 11. The van der Waals surface area contributed by atoms with Crippen molar-refractivity contribution in [2.75, 3.05) is 13.2 Å². The Hall–Kier alpha value is -2.89. The van der Waals surface area contributed by atoms with Gasteiger partial charge in [0.05, 0.1) is 6.61 Å². The van der Waals surface area contributed by atoms with Gasteiger partial charge < -0.3 is 15.0 Å². The smallest absolute Gasteiger partial charge is 0.242 e. The minimum atomic E-state index is -0.567. The van der Waals surface area contributed by atoms with Crippen LogP contribution >= 0.6 is 0 Å². The second-order valence-corrected chi connectivity index (χ2v) is 6.73. The van der Waals surface area contributed by atoms with Crippen molar-refractivity contribution in [1.82, 2.24) is 10.2 Å². The van der Waals surface area contributed by atoms with Gasteiger partial charge in [-0.1, -0.05) is 37.3 Å². The molecule has 0 aromatic heterocycles. The molecule has 0 saturated heterocycles. The zero-order chi connectivity index (χ0) is 21.1. The van der Waals surface area contributed by atoms with Crippen LogP contribution in [0.5, 0.6) is 5.75 Å². The Balaban J connectivity index is 2.02. The molecule has 0 spiro atoms. The predicted molar refractivity (Wildman–Crippen MR) is 111 cm³/mol. The van der Waals surface area contributed by atoms with Crippen molar-refractivity contribution in [2.45, 2.75) is 45.7 Å². The van der Waals surface area contributed by atoms with Crippen molar-refractivity contribution in [3.05, 3.63) is 66.0 Å². The summed E-state index contributed by atoms with van der Waals surface area (Å²) in [5.41, 5.74) is 0.781. The number of nitrogens with one attached hydrogen (secondary N) is 1. The molecule has 0 saturated carbocycles. The van der Waals surface area contributed by atoms with Crippen LogP contribution < -0.4 is 10.1 Å². The maximum absolute atomic E-state index is 13.2. The van der Waals surface area contributed by atoms with Gasteiger partial charge in [0.2, 0.25) is 11.8 Å². The third-order valence-corrected chi connectivity index (χ3v) is 4.55. The predicted octanol–water partition coefficient (Wildman–Crippen LogP) is 3.93. The van der Waals surface area contributed by atoms with Crippen molar-refractivity contribution >= 4 is 11.8 Å². The SMILES string of the molecule is CCNC(=O)[C@@H](CC)N(Cc1ccc(F)cc1)C(=O)CCCOc1ccccc1. The molecule has 0 heterocycles. The molecule has 156 valence electrons. The number of para-hydroxylation sites is 1. The molecule has 0 aliphatic rings. The minimum Gasteiger partial charge on any atom is -0.494 e. The Kier molecular flexibility index (Phi) is 9.15. The summed E-state index contributed by atoms with van der Waals surface area (Å²) in [5, 5.41) is 2.80. The first-order valence-corrected chi connectivity index (χ1v) is 10.0. The summed E-state index contributed by atoms with van der Waals surface area (Å²) in [4.78, 5) is 27.0. The second-order valence-electron chi connectivity index (χ2n) is 6.73. The van der Waals surface area contributed by atoms with Crippen LogP contribution in [0.15, 0.2) is 54.6 Å². The molecule has 2 rings (SSSR count). The van der Waals surface area contributed by atoms with E-state index in [-0.39, 0.29) is 30.6 Å². The molecule has 2 amide bonds. The second kappa shape index (κ2) is 11.8. The first-order valence-electron chi connectivity index (χ1n) is 10.0. The lowest BCUT2D eigenvalue weighted by Crippen LogP contribution is -2.49. The van der Waals surface area contributed by atoms with Gasteiger partial charge in [-0.3, -0.25) is 9.59 Å². The van der Waals surface area contributed by atoms with E-state index in [2.05, 4.69) is 5.32 Å². The highest BCUT2D eigenvalue weighted by atomic mass is 19.1. The van der Waals surface area contributed by atoms with E-state index in [9.17, 15) is 14.0 Å². The van der Waals surface area contributed by atoms with Crippen LogP contribution in [0.3, 0.4) is 0 Å². The third kappa shape index (κ3) is 7.22. The molecular weight excluding hydrogens is 371 g/mol. The first kappa shape index (κ1) is 22.4. The highest BCUT2D eigenvalue weighted by molar-refractivity contribution is 5.87. The Bertz CT molecular complexity index is 765. The van der Waals surface area contributed by atoms with Crippen LogP contribution in [-0.4, -0.2) is 35.9 Å². The van der Waals surface area contributed by atoms with Gasteiger partial charge >= 0.3 is 0 Å². The summed E-state index contributed by atoms with van der Waals surface area (Å²) in [6, 6.07) is 14.9. The minimum absolute atomic E-state index is 0.121. The molecular formula is C23H29FN2O3. The molecule has 0 fully saturated rings. The monoisotopic (exact) mass is 400 g/mol. The molecule has 2 aromatic carbocycles. The van der Waals surface area contributed by atoms with Gasteiger partial charge in [-0.15, -0.1) is 0 Å². The normalized spacial score (nSPS) is 11.6. The Labute approximate surface area is 171 Å². The summed E-state index contributed by atoms with van der Waals surface area (Å²) in [7, 11) is 0. The number of halogens is 1. The summed E-state index contributed by atoms with van der Waals surface area (Å²) in [6.07, 6.45) is 1.31. The molecule has 0 aliphatic heterocycles. The molecule has 1 atom stereocenters. The average molecular weight is 400 g/mol. The third-order valence-electron chi connectivity index (χ3n) is 4.55. The Morgan fingerprint density at radius 2 is 1.76 bits per heavy atom. The molecule has 0 bridgehead atoms. The van der Waals surface area contributed by atoms with Crippen LogP contribution in [0.25, 0.3) is 0 Å².